The van der Waals surface area contributed by atoms with E-state index in [1.165, 1.54) is 29.2 Å². The number of hydrogen-bond acceptors (Lipinski definition) is 7. The van der Waals surface area contributed by atoms with E-state index in [9.17, 15) is 14.4 Å². The summed E-state index contributed by atoms with van der Waals surface area (Å²) in [5.41, 5.74) is 3.01. The summed E-state index contributed by atoms with van der Waals surface area (Å²) in [6.07, 6.45) is 1.47. The number of nitrogens with zero attached hydrogens (tertiary/aromatic N) is 1. The minimum Gasteiger partial charge on any atom is -0.494 e. The zero-order chi connectivity index (χ0) is 34.0. The summed E-state index contributed by atoms with van der Waals surface area (Å²) in [6, 6.07) is 28.3. The van der Waals surface area contributed by atoms with Crippen molar-refractivity contribution in [2.75, 3.05) is 17.2 Å². The van der Waals surface area contributed by atoms with Crippen LogP contribution in [0.15, 0.2) is 113 Å². The monoisotopic (exact) mass is 716 g/mol. The Morgan fingerprint density at radius 3 is 2.35 bits per heavy atom. The van der Waals surface area contributed by atoms with Gasteiger partial charge in [0.2, 0.25) is 5.91 Å². The van der Waals surface area contributed by atoms with E-state index < -0.39 is 17.1 Å². The standard InChI is InChI=1S/C36H30Cl2N4O4S2/c1-3-46-27-16-12-23(13-17-27)31-21-47-36(41-31)42-33(43)22(2)48-28-18-14-26(15-19-28)39-35(45)30(20-25-10-7-11-29(37)32(25)38)40-34(44)24-8-5-4-6-9-24/h4-22H,3H2,1-2H3,(H,39,45)(H,40,44)(H,41,42,43)/b30-20-. The second-order valence-corrected chi connectivity index (χ2v) is 13.3. The first-order valence-corrected chi connectivity index (χ1v) is 17.3. The van der Waals surface area contributed by atoms with E-state index in [0.717, 1.165) is 21.9 Å². The van der Waals surface area contributed by atoms with Gasteiger partial charge in [0.25, 0.3) is 11.8 Å². The van der Waals surface area contributed by atoms with Crippen molar-refractivity contribution in [3.63, 3.8) is 0 Å². The average molecular weight is 718 g/mol. The lowest BCUT2D eigenvalue weighted by atomic mass is 10.1. The molecule has 0 aliphatic carbocycles. The molecule has 8 nitrogen and oxygen atoms in total. The molecule has 5 rings (SSSR count). The number of hydrogen-bond donors (Lipinski definition) is 3. The number of ether oxygens (including phenoxy) is 1. The van der Waals surface area contributed by atoms with Gasteiger partial charge < -0.3 is 20.7 Å². The van der Waals surface area contributed by atoms with Crippen LogP contribution in [0.5, 0.6) is 5.75 Å². The van der Waals surface area contributed by atoms with Gasteiger partial charge in [-0.1, -0.05) is 53.5 Å². The molecule has 48 heavy (non-hydrogen) atoms. The van der Waals surface area contributed by atoms with E-state index in [2.05, 4.69) is 20.9 Å². The summed E-state index contributed by atoms with van der Waals surface area (Å²) in [5, 5.41) is 10.9. The number of thioether (sulfide) groups is 1. The van der Waals surface area contributed by atoms with Crippen molar-refractivity contribution in [1.29, 1.82) is 0 Å². The van der Waals surface area contributed by atoms with Gasteiger partial charge in [-0.15, -0.1) is 23.1 Å². The molecule has 1 aromatic heterocycles. The van der Waals surface area contributed by atoms with Crippen LogP contribution in [0.3, 0.4) is 0 Å². The number of nitrogens with one attached hydrogen (secondary N) is 3. The first-order chi connectivity index (χ1) is 23.2. The third kappa shape index (κ3) is 9.26. The van der Waals surface area contributed by atoms with Gasteiger partial charge >= 0.3 is 0 Å². The molecule has 12 heteroatoms. The highest BCUT2D eigenvalue weighted by Gasteiger charge is 2.18. The number of carbonyl (C=O) groups excluding carboxylic acids is 3. The van der Waals surface area contributed by atoms with Crippen LogP contribution in [0.2, 0.25) is 10.0 Å². The fraction of sp³-hybridized carbons (Fsp3) is 0.111. The lowest BCUT2D eigenvalue weighted by molar-refractivity contribution is -0.115. The number of aromatic nitrogens is 1. The highest BCUT2D eigenvalue weighted by atomic mass is 35.5. The highest BCUT2D eigenvalue weighted by Crippen LogP contribution is 2.30. The number of anilines is 2. The Hall–Kier alpha value is -4.61. The summed E-state index contributed by atoms with van der Waals surface area (Å²) in [6.45, 7) is 4.34. The maximum Gasteiger partial charge on any atom is 0.272 e. The fourth-order valence-corrected chi connectivity index (χ4v) is 6.31. The summed E-state index contributed by atoms with van der Waals surface area (Å²) in [5.74, 6) is -0.413. The zero-order valence-electron chi connectivity index (χ0n) is 25.8. The van der Waals surface area contributed by atoms with E-state index in [-0.39, 0.29) is 16.6 Å². The van der Waals surface area contributed by atoms with E-state index >= 15 is 0 Å². The van der Waals surface area contributed by atoms with Gasteiger partial charge in [-0.05, 0) is 92.2 Å². The van der Waals surface area contributed by atoms with Gasteiger partial charge in [0, 0.05) is 27.1 Å². The minimum absolute atomic E-state index is 0.0235. The molecule has 0 radical (unpaired) electrons. The Balaban J connectivity index is 1.21. The van der Waals surface area contributed by atoms with E-state index in [4.69, 9.17) is 27.9 Å². The minimum atomic E-state index is -0.559. The molecule has 0 saturated carbocycles. The van der Waals surface area contributed by atoms with Crippen LogP contribution < -0.4 is 20.7 Å². The van der Waals surface area contributed by atoms with Crippen molar-refractivity contribution in [3.8, 4) is 17.0 Å². The van der Waals surface area contributed by atoms with Crippen molar-refractivity contribution in [2.24, 2.45) is 0 Å². The van der Waals surface area contributed by atoms with Crippen LogP contribution in [0.25, 0.3) is 17.3 Å². The molecule has 0 aliphatic heterocycles. The van der Waals surface area contributed by atoms with Gasteiger partial charge in [0.1, 0.15) is 11.4 Å². The molecule has 4 aromatic carbocycles. The number of benzene rings is 4. The number of rotatable bonds is 12. The van der Waals surface area contributed by atoms with Crippen LogP contribution in [0.4, 0.5) is 10.8 Å². The van der Waals surface area contributed by atoms with Crippen molar-refractivity contribution in [3.05, 3.63) is 129 Å². The van der Waals surface area contributed by atoms with Gasteiger partial charge in [-0.25, -0.2) is 4.98 Å². The number of thiazole rings is 1. The molecule has 3 N–H and O–H groups in total. The topological polar surface area (TPSA) is 109 Å². The Labute approximate surface area is 296 Å². The van der Waals surface area contributed by atoms with Crippen LogP contribution in [0, 0.1) is 0 Å². The Morgan fingerprint density at radius 1 is 0.917 bits per heavy atom. The van der Waals surface area contributed by atoms with E-state index in [1.807, 2.05) is 43.5 Å². The number of halogens is 2. The largest absolute Gasteiger partial charge is 0.494 e. The predicted molar refractivity (Wildman–Crippen MR) is 196 cm³/mol. The van der Waals surface area contributed by atoms with E-state index in [1.54, 1.807) is 72.8 Å². The zero-order valence-corrected chi connectivity index (χ0v) is 29.0. The van der Waals surface area contributed by atoms with Crippen LogP contribution >= 0.6 is 46.3 Å². The molecular formula is C36H30Cl2N4O4S2. The second kappa shape index (κ2) is 16.5. The van der Waals surface area contributed by atoms with Crippen molar-refractivity contribution >= 4 is 80.9 Å². The molecule has 0 bridgehead atoms. The third-order valence-corrected chi connectivity index (χ3v) is 9.50. The molecular weight excluding hydrogens is 687 g/mol. The molecule has 244 valence electrons. The lowest BCUT2D eigenvalue weighted by Crippen LogP contribution is -2.30. The predicted octanol–water partition coefficient (Wildman–Crippen LogP) is 9.04. The molecule has 1 unspecified atom stereocenters. The second-order valence-electron chi connectivity index (χ2n) is 10.2. The summed E-state index contributed by atoms with van der Waals surface area (Å²) in [4.78, 5) is 44.7. The highest BCUT2D eigenvalue weighted by molar-refractivity contribution is 8.00. The van der Waals surface area contributed by atoms with E-state index in [0.29, 0.717) is 33.6 Å². The van der Waals surface area contributed by atoms with Crippen LogP contribution in [0.1, 0.15) is 29.8 Å². The molecule has 1 atom stereocenters. The number of amides is 3. The SMILES string of the molecule is CCOc1ccc(-c2csc(NC(=O)C(C)Sc3ccc(NC(=O)/C(=C/c4cccc(Cl)c4Cl)NC(=O)c4ccccc4)cc3)n2)cc1. The summed E-state index contributed by atoms with van der Waals surface area (Å²) < 4.78 is 5.50. The molecule has 0 aliphatic rings. The molecule has 0 spiro atoms. The first-order valence-electron chi connectivity index (χ1n) is 14.8. The molecule has 0 fully saturated rings. The lowest BCUT2D eigenvalue weighted by Gasteiger charge is -2.13. The Kier molecular flexibility index (Phi) is 11.9. The summed E-state index contributed by atoms with van der Waals surface area (Å²) >= 11 is 15.3. The van der Waals surface area contributed by atoms with Gasteiger partial charge in [-0.3, -0.25) is 14.4 Å². The number of carbonyl (C=O) groups is 3. The maximum absolute atomic E-state index is 13.4. The summed E-state index contributed by atoms with van der Waals surface area (Å²) in [7, 11) is 0. The van der Waals surface area contributed by atoms with Crippen molar-refractivity contribution in [2.45, 2.75) is 24.0 Å². The quantitative estimate of drug-likeness (QED) is 0.0878. The molecule has 5 aromatic rings. The van der Waals surface area contributed by atoms with Crippen molar-refractivity contribution in [1.82, 2.24) is 10.3 Å². The van der Waals surface area contributed by atoms with Crippen molar-refractivity contribution < 1.29 is 19.1 Å². The average Bonchev–Trinajstić information content (AvgIpc) is 3.56. The molecule has 1 heterocycles. The molecule has 0 saturated heterocycles. The van der Waals surface area contributed by atoms with Crippen LogP contribution in [-0.4, -0.2) is 34.6 Å². The Bertz CT molecular complexity index is 1930. The maximum atomic E-state index is 13.4. The normalized spacial score (nSPS) is 11.8. The van der Waals surface area contributed by atoms with Gasteiger partial charge in [-0.2, -0.15) is 0 Å². The van der Waals surface area contributed by atoms with Crippen LogP contribution in [-0.2, 0) is 9.59 Å². The fourth-order valence-electron chi connectivity index (χ4n) is 4.36. The van der Waals surface area contributed by atoms with Gasteiger partial charge in [0.15, 0.2) is 5.13 Å². The first kappa shape index (κ1) is 34.7. The smallest absolute Gasteiger partial charge is 0.272 e. The third-order valence-electron chi connectivity index (χ3n) is 6.80. The molecule has 3 amide bonds. The Morgan fingerprint density at radius 2 is 1.65 bits per heavy atom. The van der Waals surface area contributed by atoms with Gasteiger partial charge in [0.05, 0.1) is 27.6 Å².